The van der Waals surface area contributed by atoms with Gasteiger partial charge in [0, 0.05) is 35.5 Å². The molecular formula is C22H18N2O4. The number of amides is 1. The van der Waals surface area contributed by atoms with Crippen LogP contribution in [-0.4, -0.2) is 28.0 Å². The molecule has 1 aliphatic heterocycles. The van der Waals surface area contributed by atoms with Crippen LogP contribution in [0, 0.1) is 0 Å². The van der Waals surface area contributed by atoms with Crippen molar-refractivity contribution in [3.63, 3.8) is 0 Å². The molecule has 3 aromatic rings. The fourth-order valence-electron chi connectivity index (χ4n) is 3.26. The van der Waals surface area contributed by atoms with Crippen molar-refractivity contribution in [2.75, 3.05) is 0 Å². The number of pyridine rings is 1. The van der Waals surface area contributed by atoms with Crippen LogP contribution in [-0.2, 0) is 17.8 Å². The van der Waals surface area contributed by atoms with E-state index in [1.54, 1.807) is 24.5 Å². The lowest BCUT2D eigenvalue weighted by atomic mass is 9.97. The van der Waals surface area contributed by atoms with Gasteiger partial charge < -0.3 is 15.2 Å². The summed E-state index contributed by atoms with van der Waals surface area (Å²) >= 11 is 0. The highest BCUT2D eigenvalue weighted by atomic mass is 16.5. The first-order valence-corrected chi connectivity index (χ1v) is 8.89. The first-order chi connectivity index (χ1) is 13.6. The van der Waals surface area contributed by atoms with Crippen LogP contribution in [0.15, 0.2) is 67.0 Å². The number of carbonyl (C=O) groups is 2. The van der Waals surface area contributed by atoms with Gasteiger partial charge in [-0.3, -0.25) is 9.78 Å². The predicted molar refractivity (Wildman–Crippen MR) is 103 cm³/mol. The Morgan fingerprint density at radius 2 is 1.93 bits per heavy atom. The number of fused-ring (bicyclic) bond motifs is 3. The van der Waals surface area contributed by atoms with Gasteiger partial charge in [0.15, 0.2) is 0 Å². The van der Waals surface area contributed by atoms with Crippen molar-refractivity contribution in [2.45, 2.75) is 19.1 Å². The van der Waals surface area contributed by atoms with Crippen LogP contribution in [0.3, 0.4) is 0 Å². The normalized spacial score (nSPS) is 12.9. The van der Waals surface area contributed by atoms with Crippen LogP contribution in [0.1, 0.15) is 21.5 Å². The molecule has 1 aromatic heterocycles. The van der Waals surface area contributed by atoms with Crippen molar-refractivity contribution < 1.29 is 19.4 Å². The molecule has 0 saturated carbocycles. The average molecular weight is 374 g/mol. The van der Waals surface area contributed by atoms with Crippen molar-refractivity contribution in [3.8, 4) is 16.9 Å². The summed E-state index contributed by atoms with van der Waals surface area (Å²) in [6.45, 7) is 0.382. The Morgan fingerprint density at radius 1 is 1.11 bits per heavy atom. The molecule has 0 unspecified atom stereocenters. The molecule has 2 heterocycles. The number of benzene rings is 2. The van der Waals surface area contributed by atoms with Crippen molar-refractivity contribution >= 4 is 11.9 Å². The number of nitrogens with one attached hydrogen (secondary N) is 1. The average Bonchev–Trinajstić information content (AvgIpc) is 2.73. The van der Waals surface area contributed by atoms with E-state index in [-0.39, 0.29) is 6.42 Å². The number of carboxylic acid groups (broad SMARTS) is 1. The second-order valence-electron chi connectivity index (χ2n) is 6.59. The lowest BCUT2D eigenvalue weighted by Gasteiger charge is -2.21. The Balaban J connectivity index is 1.54. The van der Waals surface area contributed by atoms with Crippen LogP contribution in [0.4, 0.5) is 0 Å². The summed E-state index contributed by atoms with van der Waals surface area (Å²) in [6, 6.07) is 15.2. The molecule has 140 valence electrons. The zero-order valence-electron chi connectivity index (χ0n) is 15.0. The first kappa shape index (κ1) is 17.7. The van der Waals surface area contributed by atoms with Crippen molar-refractivity contribution in [3.05, 3.63) is 83.7 Å². The second-order valence-corrected chi connectivity index (χ2v) is 6.59. The van der Waals surface area contributed by atoms with E-state index in [0.717, 1.165) is 22.3 Å². The van der Waals surface area contributed by atoms with Crippen LogP contribution < -0.4 is 10.1 Å². The number of aliphatic carboxylic acids is 1. The summed E-state index contributed by atoms with van der Waals surface area (Å²) in [5.74, 6) is -0.926. The molecule has 4 rings (SSSR count). The number of carboxylic acids is 1. The number of nitrogens with zero attached hydrogens (tertiary/aromatic N) is 1. The van der Waals surface area contributed by atoms with Gasteiger partial charge in [-0.25, -0.2) is 4.79 Å². The standard InChI is InChI=1S/C22H18N2O4/c25-21(24-19(22(26)27)10-14-4-2-1-3-5-14)15-6-7-18-17-8-9-23-12-16(17)13-28-20(18)11-15/h1-9,11-12,19H,10,13H2,(H,24,25)(H,26,27)/t19-/m1/s1. The maximum atomic E-state index is 12.6. The molecule has 1 atom stereocenters. The summed E-state index contributed by atoms with van der Waals surface area (Å²) in [6.07, 6.45) is 3.69. The van der Waals surface area contributed by atoms with E-state index in [2.05, 4.69) is 10.3 Å². The van der Waals surface area contributed by atoms with Gasteiger partial charge in [-0.05, 0) is 35.4 Å². The summed E-state index contributed by atoms with van der Waals surface area (Å²) in [5, 5.41) is 12.1. The summed E-state index contributed by atoms with van der Waals surface area (Å²) < 4.78 is 5.75. The fraction of sp³-hybridized carbons (Fsp3) is 0.136. The Kier molecular flexibility index (Phi) is 4.76. The van der Waals surface area contributed by atoms with E-state index in [1.807, 2.05) is 42.5 Å². The molecule has 0 bridgehead atoms. The van der Waals surface area contributed by atoms with Gasteiger partial charge in [0.25, 0.3) is 5.91 Å². The lowest BCUT2D eigenvalue weighted by Crippen LogP contribution is -2.42. The van der Waals surface area contributed by atoms with E-state index >= 15 is 0 Å². The van der Waals surface area contributed by atoms with E-state index in [4.69, 9.17) is 4.74 Å². The van der Waals surface area contributed by atoms with Crippen LogP contribution in [0.2, 0.25) is 0 Å². The van der Waals surface area contributed by atoms with Gasteiger partial charge in [-0.1, -0.05) is 30.3 Å². The van der Waals surface area contributed by atoms with Crippen molar-refractivity contribution in [2.24, 2.45) is 0 Å². The summed E-state index contributed by atoms with van der Waals surface area (Å²) in [5.41, 5.74) is 4.10. The maximum Gasteiger partial charge on any atom is 0.326 e. The number of hydrogen-bond acceptors (Lipinski definition) is 4. The third-order valence-electron chi connectivity index (χ3n) is 4.71. The third kappa shape index (κ3) is 3.57. The van der Waals surface area contributed by atoms with Crippen molar-refractivity contribution in [1.29, 1.82) is 0 Å². The molecule has 1 amide bonds. The molecule has 0 fully saturated rings. The Labute approximate surface area is 161 Å². The molecule has 0 saturated heterocycles. The highest BCUT2D eigenvalue weighted by Crippen LogP contribution is 2.37. The van der Waals surface area contributed by atoms with Crippen LogP contribution in [0.5, 0.6) is 5.75 Å². The lowest BCUT2D eigenvalue weighted by molar-refractivity contribution is -0.139. The van der Waals surface area contributed by atoms with E-state index < -0.39 is 17.9 Å². The highest BCUT2D eigenvalue weighted by Gasteiger charge is 2.23. The molecule has 2 N–H and O–H groups in total. The van der Waals surface area contributed by atoms with E-state index in [9.17, 15) is 14.7 Å². The summed E-state index contributed by atoms with van der Waals surface area (Å²) in [7, 11) is 0. The van der Waals surface area contributed by atoms with E-state index in [0.29, 0.717) is 17.9 Å². The first-order valence-electron chi connectivity index (χ1n) is 8.89. The molecule has 2 aromatic carbocycles. The number of carbonyl (C=O) groups excluding carboxylic acids is 1. The highest BCUT2D eigenvalue weighted by molar-refractivity contribution is 5.98. The van der Waals surface area contributed by atoms with Gasteiger partial charge in [0.05, 0.1) is 0 Å². The Bertz CT molecular complexity index is 1030. The second kappa shape index (κ2) is 7.52. The number of ether oxygens (including phenoxy) is 1. The Hall–Kier alpha value is -3.67. The number of hydrogen-bond donors (Lipinski definition) is 2. The molecule has 0 aliphatic carbocycles. The Morgan fingerprint density at radius 3 is 2.71 bits per heavy atom. The zero-order valence-corrected chi connectivity index (χ0v) is 15.0. The topological polar surface area (TPSA) is 88.5 Å². The fourth-order valence-corrected chi connectivity index (χ4v) is 3.26. The smallest absolute Gasteiger partial charge is 0.326 e. The minimum absolute atomic E-state index is 0.212. The van der Waals surface area contributed by atoms with Crippen LogP contribution >= 0.6 is 0 Å². The minimum Gasteiger partial charge on any atom is -0.488 e. The zero-order chi connectivity index (χ0) is 19.5. The monoisotopic (exact) mass is 374 g/mol. The van der Waals surface area contributed by atoms with Gasteiger partial charge >= 0.3 is 5.97 Å². The molecule has 6 heteroatoms. The number of rotatable bonds is 5. The maximum absolute atomic E-state index is 12.6. The summed E-state index contributed by atoms with van der Waals surface area (Å²) in [4.78, 5) is 28.3. The molecule has 28 heavy (non-hydrogen) atoms. The largest absolute Gasteiger partial charge is 0.488 e. The molecule has 1 aliphatic rings. The molecule has 6 nitrogen and oxygen atoms in total. The van der Waals surface area contributed by atoms with Gasteiger partial charge in [-0.2, -0.15) is 0 Å². The number of aromatic nitrogens is 1. The SMILES string of the molecule is O=C(N[C@H](Cc1ccccc1)C(=O)O)c1ccc2c(c1)OCc1cnccc1-2. The minimum atomic E-state index is -1.08. The van der Waals surface area contributed by atoms with Gasteiger partial charge in [0.1, 0.15) is 18.4 Å². The molecular weight excluding hydrogens is 356 g/mol. The predicted octanol–water partition coefficient (Wildman–Crippen LogP) is 3.07. The van der Waals surface area contributed by atoms with Gasteiger partial charge in [0.2, 0.25) is 0 Å². The van der Waals surface area contributed by atoms with E-state index in [1.165, 1.54) is 0 Å². The molecule has 0 radical (unpaired) electrons. The van der Waals surface area contributed by atoms with Crippen LogP contribution in [0.25, 0.3) is 11.1 Å². The molecule has 0 spiro atoms. The van der Waals surface area contributed by atoms with Crippen molar-refractivity contribution in [1.82, 2.24) is 10.3 Å². The van der Waals surface area contributed by atoms with Gasteiger partial charge in [-0.15, -0.1) is 0 Å². The quantitative estimate of drug-likeness (QED) is 0.717. The third-order valence-corrected chi connectivity index (χ3v) is 4.71.